The van der Waals surface area contributed by atoms with Gasteiger partial charge in [0.15, 0.2) is 0 Å². The average Bonchev–Trinajstić information content (AvgIpc) is 2.30. The van der Waals surface area contributed by atoms with Crippen LogP contribution in [-0.2, 0) is 0 Å². The molecule has 0 atom stereocenters. The quantitative estimate of drug-likeness (QED) is 0.597. The highest BCUT2D eigenvalue weighted by Crippen LogP contribution is 2.18. The molecule has 5 nitrogen and oxygen atoms in total. The van der Waals surface area contributed by atoms with E-state index in [4.69, 9.17) is 16.4 Å². The molecule has 0 aromatic heterocycles. The molecule has 0 saturated carbocycles. The van der Waals surface area contributed by atoms with Crippen LogP contribution in [0.2, 0.25) is 0 Å². The summed E-state index contributed by atoms with van der Waals surface area (Å²) in [5.41, 5.74) is 1.67. The van der Waals surface area contributed by atoms with Crippen molar-refractivity contribution in [3.05, 3.63) is 24.3 Å². The molecule has 0 fully saturated rings. The summed E-state index contributed by atoms with van der Waals surface area (Å²) in [4.78, 5) is 1.96. The molecule has 1 aromatic carbocycles. The Balaban J connectivity index is 2.91. The van der Waals surface area contributed by atoms with E-state index in [1.807, 2.05) is 43.3 Å². The van der Waals surface area contributed by atoms with E-state index in [0.29, 0.717) is 5.69 Å². The van der Waals surface area contributed by atoms with Crippen molar-refractivity contribution in [1.82, 2.24) is 0 Å². The molecule has 0 aliphatic rings. The van der Waals surface area contributed by atoms with Gasteiger partial charge in [-0.3, -0.25) is 5.01 Å². The van der Waals surface area contributed by atoms with Crippen LogP contribution in [0.25, 0.3) is 0 Å². The Morgan fingerprint density at radius 2 is 1.50 bits per heavy atom. The minimum Gasteiger partial charge on any atom is -0.378 e. The van der Waals surface area contributed by atoms with Crippen LogP contribution in [0, 0.1) is 22.7 Å². The van der Waals surface area contributed by atoms with Gasteiger partial charge in [0.2, 0.25) is 6.04 Å². The predicted octanol–water partition coefficient (Wildman–Crippen LogP) is 0.848. The standard InChI is InChI=1S/C11H13N5/c1-15(2)9-3-5-10(6-4-9)16(14)11(7-12)8-13/h3-6,11H,14H2,1-2H3. The van der Waals surface area contributed by atoms with E-state index in [2.05, 4.69) is 0 Å². The van der Waals surface area contributed by atoms with Gasteiger partial charge in [0.05, 0.1) is 5.69 Å². The Hall–Kier alpha value is -2.24. The molecule has 0 amide bonds. The Morgan fingerprint density at radius 3 is 1.88 bits per heavy atom. The van der Waals surface area contributed by atoms with Crippen LogP contribution >= 0.6 is 0 Å². The Bertz CT molecular complexity index is 409. The molecule has 1 rings (SSSR count). The molecule has 82 valence electrons. The van der Waals surface area contributed by atoms with E-state index in [9.17, 15) is 0 Å². The number of benzene rings is 1. The van der Waals surface area contributed by atoms with E-state index in [0.717, 1.165) is 10.7 Å². The fraction of sp³-hybridized carbons (Fsp3) is 0.273. The molecule has 5 heteroatoms. The Kier molecular flexibility index (Phi) is 3.71. The molecule has 0 heterocycles. The largest absolute Gasteiger partial charge is 0.378 e. The van der Waals surface area contributed by atoms with Gasteiger partial charge in [0.1, 0.15) is 12.1 Å². The second-order valence-corrected chi connectivity index (χ2v) is 3.48. The molecule has 0 spiro atoms. The predicted molar refractivity (Wildman–Crippen MR) is 62.4 cm³/mol. The van der Waals surface area contributed by atoms with Crippen molar-refractivity contribution in [3.63, 3.8) is 0 Å². The average molecular weight is 215 g/mol. The summed E-state index contributed by atoms with van der Waals surface area (Å²) >= 11 is 0. The van der Waals surface area contributed by atoms with Gasteiger partial charge in [-0.25, -0.2) is 5.84 Å². The van der Waals surface area contributed by atoms with Crippen molar-refractivity contribution in [1.29, 1.82) is 10.5 Å². The summed E-state index contributed by atoms with van der Waals surface area (Å²) in [5, 5.41) is 18.5. The number of nitrogens with zero attached hydrogens (tertiary/aromatic N) is 4. The third kappa shape index (κ3) is 2.41. The van der Waals surface area contributed by atoms with Gasteiger partial charge in [-0.05, 0) is 24.3 Å². The number of nitriles is 2. The molecule has 0 radical (unpaired) electrons. The topological polar surface area (TPSA) is 80.1 Å². The highest BCUT2D eigenvalue weighted by atomic mass is 15.4. The lowest BCUT2D eigenvalue weighted by atomic mass is 10.2. The van der Waals surface area contributed by atoms with Crippen LogP contribution in [-0.4, -0.2) is 20.1 Å². The first kappa shape index (κ1) is 11.8. The third-order valence-electron chi connectivity index (χ3n) is 2.19. The van der Waals surface area contributed by atoms with Crippen LogP contribution in [0.15, 0.2) is 24.3 Å². The van der Waals surface area contributed by atoms with Crippen molar-refractivity contribution < 1.29 is 0 Å². The highest BCUT2D eigenvalue weighted by Gasteiger charge is 2.13. The van der Waals surface area contributed by atoms with Gasteiger partial charge in [-0.1, -0.05) is 0 Å². The van der Waals surface area contributed by atoms with Gasteiger partial charge in [0.25, 0.3) is 0 Å². The third-order valence-corrected chi connectivity index (χ3v) is 2.19. The summed E-state index contributed by atoms with van der Waals surface area (Å²) in [6, 6.07) is 9.97. The van der Waals surface area contributed by atoms with Gasteiger partial charge in [-0.15, -0.1) is 0 Å². The highest BCUT2D eigenvalue weighted by molar-refractivity contribution is 5.56. The number of nitrogens with two attached hydrogens (primary N) is 1. The van der Waals surface area contributed by atoms with Crippen LogP contribution in [0.3, 0.4) is 0 Å². The summed E-state index contributed by atoms with van der Waals surface area (Å²) in [5.74, 6) is 5.66. The van der Waals surface area contributed by atoms with Crippen molar-refractivity contribution in [2.45, 2.75) is 6.04 Å². The van der Waals surface area contributed by atoms with Gasteiger partial charge < -0.3 is 4.90 Å². The lowest BCUT2D eigenvalue weighted by molar-refractivity contribution is 0.847. The van der Waals surface area contributed by atoms with Crippen molar-refractivity contribution in [2.24, 2.45) is 5.84 Å². The maximum atomic E-state index is 8.70. The van der Waals surface area contributed by atoms with E-state index in [1.54, 1.807) is 12.1 Å². The van der Waals surface area contributed by atoms with E-state index >= 15 is 0 Å². The Morgan fingerprint density at radius 1 is 1.06 bits per heavy atom. The van der Waals surface area contributed by atoms with Crippen molar-refractivity contribution in [3.8, 4) is 12.1 Å². The van der Waals surface area contributed by atoms with Gasteiger partial charge >= 0.3 is 0 Å². The normalized spacial score (nSPS) is 9.38. The van der Waals surface area contributed by atoms with Crippen LogP contribution in [0.1, 0.15) is 0 Å². The number of rotatable bonds is 3. The molecule has 0 saturated heterocycles. The SMILES string of the molecule is CN(C)c1ccc(N(N)C(C#N)C#N)cc1. The second-order valence-electron chi connectivity index (χ2n) is 3.48. The molecule has 0 bridgehead atoms. The first-order valence-corrected chi connectivity index (χ1v) is 4.70. The summed E-state index contributed by atoms with van der Waals surface area (Å²) in [7, 11) is 3.87. The second kappa shape index (κ2) is 5.01. The molecule has 2 N–H and O–H groups in total. The van der Waals surface area contributed by atoms with Gasteiger partial charge in [-0.2, -0.15) is 10.5 Å². The lowest BCUT2D eigenvalue weighted by Gasteiger charge is -2.20. The maximum Gasteiger partial charge on any atom is 0.217 e. The lowest BCUT2D eigenvalue weighted by Crippen LogP contribution is -2.39. The number of hydrogen-bond acceptors (Lipinski definition) is 5. The number of hydrazine groups is 1. The molecular weight excluding hydrogens is 202 g/mol. The molecule has 1 aromatic rings. The Labute approximate surface area is 94.9 Å². The fourth-order valence-electron chi connectivity index (χ4n) is 1.23. The molecular formula is C11H13N5. The number of hydrogen-bond donors (Lipinski definition) is 1. The minimum atomic E-state index is -0.967. The molecule has 16 heavy (non-hydrogen) atoms. The maximum absolute atomic E-state index is 8.70. The first-order valence-electron chi connectivity index (χ1n) is 4.70. The summed E-state index contributed by atoms with van der Waals surface area (Å²) in [6.45, 7) is 0. The van der Waals surface area contributed by atoms with Crippen LogP contribution in [0.4, 0.5) is 11.4 Å². The summed E-state index contributed by atoms with van der Waals surface area (Å²) < 4.78 is 0. The summed E-state index contributed by atoms with van der Waals surface area (Å²) in [6.07, 6.45) is 0. The van der Waals surface area contributed by atoms with Crippen molar-refractivity contribution in [2.75, 3.05) is 24.0 Å². The fourth-order valence-corrected chi connectivity index (χ4v) is 1.23. The first-order chi connectivity index (χ1) is 7.60. The van der Waals surface area contributed by atoms with Crippen LogP contribution < -0.4 is 15.8 Å². The zero-order valence-electron chi connectivity index (χ0n) is 9.25. The molecule has 0 aliphatic heterocycles. The van der Waals surface area contributed by atoms with Crippen LogP contribution in [0.5, 0.6) is 0 Å². The zero-order valence-corrected chi connectivity index (χ0v) is 9.25. The van der Waals surface area contributed by atoms with E-state index in [-0.39, 0.29) is 0 Å². The monoisotopic (exact) mass is 215 g/mol. The number of anilines is 2. The van der Waals surface area contributed by atoms with E-state index in [1.165, 1.54) is 0 Å². The molecule has 0 unspecified atom stereocenters. The smallest absolute Gasteiger partial charge is 0.217 e. The minimum absolute atomic E-state index is 0.638. The van der Waals surface area contributed by atoms with Crippen molar-refractivity contribution >= 4 is 11.4 Å². The zero-order chi connectivity index (χ0) is 12.1. The molecule has 0 aliphatic carbocycles. The van der Waals surface area contributed by atoms with Gasteiger partial charge in [0, 0.05) is 19.8 Å². The van der Waals surface area contributed by atoms with E-state index < -0.39 is 6.04 Å².